The Kier molecular flexibility index (Phi) is 4.49. The number of ether oxygens (including phenoxy) is 2. The summed E-state index contributed by atoms with van der Waals surface area (Å²) in [5, 5.41) is 9.91. The van der Waals surface area contributed by atoms with Crippen molar-refractivity contribution in [1.29, 1.82) is 0 Å². The maximum Gasteiger partial charge on any atom is 0.337 e. The third kappa shape index (κ3) is 2.68. The van der Waals surface area contributed by atoms with Crippen molar-refractivity contribution in [2.24, 2.45) is 0 Å². The van der Waals surface area contributed by atoms with Crippen LogP contribution in [-0.2, 0) is 24.5 Å². The lowest BCUT2D eigenvalue weighted by atomic mass is 9.68. The second-order valence-electron chi connectivity index (χ2n) is 5.17. The van der Waals surface area contributed by atoms with E-state index in [0.717, 1.165) is 0 Å². The van der Waals surface area contributed by atoms with E-state index in [9.17, 15) is 19.1 Å². The van der Waals surface area contributed by atoms with Gasteiger partial charge in [-0.15, -0.1) is 0 Å². The van der Waals surface area contributed by atoms with Gasteiger partial charge in [-0.05, 0) is 24.1 Å². The highest BCUT2D eigenvalue weighted by Crippen LogP contribution is 2.42. The van der Waals surface area contributed by atoms with Crippen molar-refractivity contribution in [2.75, 3.05) is 14.2 Å². The van der Waals surface area contributed by atoms with Crippen LogP contribution in [-0.4, -0.2) is 31.3 Å². The zero-order valence-electron chi connectivity index (χ0n) is 12.4. The fraction of sp³-hybridized carbons (Fsp3) is 0.375. The van der Waals surface area contributed by atoms with Crippen LogP contribution in [0.1, 0.15) is 24.8 Å². The largest absolute Gasteiger partial charge is 0.512 e. The Labute approximate surface area is 127 Å². The van der Waals surface area contributed by atoms with Gasteiger partial charge >= 0.3 is 11.9 Å². The monoisotopic (exact) mass is 308 g/mol. The Balaban J connectivity index is 2.51. The summed E-state index contributed by atoms with van der Waals surface area (Å²) < 4.78 is 22.7. The molecule has 0 heterocycles. The molecule has 0 saturated carbocycles. The molecule has 1 aliphatic carbocycles. The number of halogens is 1. The van der Waals surface area contributed by atoms with Crippen molar-refractivity contribution in [3.8, 4) is 0 Å². The topological polar surface area (TPSA) is 72.8 Å². The van der Waals surface area contributed by atoms with Crippen molar-refractivity contribution in [3.05, 3.63) is 47.0 Å². The summed E-state index contributed by atoms with van der Waals surface area (Å²) in [5.74, 6) is -1.74. The number of esters is 2. The van der Waals surface area contributed by atoms with E-state index in [-0.39, 0.29) is 30.6 Å². The number of hydrogen-bond donors (Lipinski definition) is 1. The molecule has 0 radical (unpaired) electrons. The van der Waals surface area contributed by atoms with Gasteiger partial charge in [0.05, 0.1) is 25.2 Å². The first-order valence-corrected chi connectivity index (χ1v) is 6.78. The van der Waals surface area contributed by atoms with Gasteiger partial charge in [-0.1, -0.05) is 12.1 Å². The van der Waals surface area contributed by atoms with Gasteiger partial charge in [0.25, 0.3) is 0 Å². The number of benzene rings is 1. The molecule has 22 heavy (non-hydrogen) atoms. The predicted octanol–water partition coefficient (Wildman–Crippen LogP) is 2.41. The molecule has 0 spiro atoms. The van der Waals surface area contributed by atoms with Gasteiger partial charge in [0.15, 0.2) is 0 Å². The number of aliphatic hydroxyl groups excluding tert-OH is 1. The first-order valence-electron chi connectivity index (χ1n) is 6.78. The van der Waals surface area contributed by atoms with Crippen molar-refractivity contribution >= 4 is 11.9 Å². The maximum absolute atomic E-state index is 13.1. The Hall–Kier alpha value is -2.37. The number of allylic oxidation sites excluding steroid dienone is 1. The van der Waals surface area contributed by atoms with E-state index in [1.54, 1.807) is 0 Å². The van der Waals surface area contributed by atoms with Gasteiger partial charge in [-0.25, -0.2) is 9.18 Å². The molecule has 0 saturated heterocycles. The molecule has 1 aliphatic rings. The molecule has 1 aromatic carbocycles. The molecule has 1 N–H and O–H groups in total. The molecule has 1 aromatic rings. The summed E-state index contributed by atoms with van der Waals surface area (Å²) in [7, 11) is 2.46. The molecule has 1 atom stereocenters. The van der Waals surface area contributed by atoms with E-state index in [1.165, 1.54) is 38.5 Å². The van der Waals surface area contributed by atoms with Gasteiger partial charge in [-0.2, -0.15) is 0 Å². The van der Waals surface area contributed by atoms with Gasteiger partial charge in [-0.3, -0.25) is 4.79 Å². The number of carbonyl (C=O) groups is 2. The standard InChI is InChI=1S/C16H17FO5/c1-21-14(19)12-9-16(15(20)22-2,8-7-13(12)18)10-3-5-11(17)6-4-10/h3-6,18H,7-9H2,1-2H3. The summed E-state index contributed by atoms with van der Waals surface area (Å²) in [6, 6.07) is 5.47. The molecule has 118 valence electrons. The summed E-state index contributed by atoms with van der Waals surface area (Å²) in [5.41, 5.74) is -0.559. The molecule has 2 rings (SSSR count). The van der Waals surface area contributed by atoms with Crippen LogP contribution in [0.2, 0.25) is 0 Å². The average Bonchev–Trinajstić information content (AvgIpc) is 2.55. The van der Waals surface area contributed by atoms with Crippen LogP contribution in [0, 0.1) is 5.82 Å². The van der Waals surface area contributed by atoms with Crippen molar-refractivity contribution in [1.82, 2.24) is 0 Å². The molecule has 0 aliphatic heterocycles. The van der Waals surface area contributed by atoms with Crippen molar-refractivity contribution in [3.63, 3.8) is 0 Å². The van der Waals surface area contributed by atoms with E-state index in [1.807, 2.05) is 0 Å². The summed E-state index contributed by atoms with van der Waals surface area (Å²) >= 11 is 0. The van der Waals surface area contributed by atoms with Crippen molar-refractivity contribution < 1.29 is 28.6 Å². The fourth-order valence-electron chi connectivity index (χ4n) is 2.79. The number of aliphatic hydroxyl groups is 1. The Morgan fingerprint density at radius 2 is 1.82 bits per heavy atom. The van der Waals surface area contributed by atoms with Crippen molar-refractivity contribution in [2.45, 2.75) is 24.7 Å². The lowest BCUT2D eigenvalue weighted by Gasteiger charge is -2.35. The maximum atomic E-state index is 13.1. The van der Waals surface area contributed by atoms with Crippen LogP contribution >= 0.6 is 0 Å². The van der Waals surface area contributed by atoms with E-state index in [0.29, 0.717) is 5.56 Å². The van der Waals surface area contributed by atoms with Crippen LogP contribution in [0.25, 0.3) is 0 Å². The second kappa shape index (κ2) is 6.17. The zero-order chi connectivity index (χ0) is 16.3. The van der Waals surface area contributed by atoms with Crippen LogP contribution in [0.5, 0.6) is 0 Å². The zero-order valence-corrected chi connectivity index (χ0v) is 12.4. The molecule has 0 amide bonds. The van der Waals surface area contributed by atoms with Gasteiger partial charge < -0.3 is 14.6 Å². The fourth-order valence-corrected chi connectivity index (χ4v) is 2.79. The second-order valence-corrected chi connectivity index (χ2v) is 5.17. The normalized spacial score (nSPS) is 21.4. The lowest BCUT2D eigenvalue weighted by molar-refractivity contribution is -0.148. The van der Waals surface area contributed by atoms with Crippen LogP contribution in [0.3, 0.4) is 0 Å². The summed E-state index contributed by atoms with van der Waals surface area (Å²) in [6.45, 7) is 0. The highest BCUT2D eigenvalue weighted by molar-refractivity contribution is 5.93. The minimum absolute atomic E-state index is 0.0449. The molecule has 0 aromatic heterocycles. The highest BCUT2D eigenvalue weighted by Gasteiger charge is 2.46. The number of carbonyl (C=O) groups excluding carboxylic acids is 2. The quantitative estimate of drug-likeness (QED) is 0.868. The first kappa shape index (κ1) is 16.0. The van der Waals surface area contributed by atoms with E-state index >= 15 is 0 Å². The van der Waals surface area contributed by atoms with Gasteiger partial charge in [0, 0.05) is 12.8 Å². The molecule has 5 nitrogen and oxygen atoms in total. The smallest absolute Gasteiger partial charge is 0.337 e. The number of methoxy groups -OCH3 is 2. The Morgan fingerprint density at radius 3 is 2.36 bits per heavy atom. The summed E-state index contributed by atoms with van der Waals surface area (Å²) in [6.07, 6.45) is 0.346. The minimum atomic E-state index is -1.14. The minimum Gasteiger partial charge on any atom is -0.512 e. The molecule has 0 bridgehead atoms. The van der Waals surface area contributed by atoms with Crippen LogP contribution < -0.4 is 0 Å². The molecule has 6 heteroatoms. The van der Waals surface area contributed by atoms with E-state index in [4.69, 9.17) is 4.74 Å². The Morgan fingerprint density at radius 1 is 1.18 bits per heavy atom. The SMILES string of the molecule is COC(=O)C1=C(O)CCC(C(=O)OC)(c2ccc(F)cc2)C1. The number of rotatable bonds is 3. The molecular formula is C16H17FO5. The average molecular weight is 308 g/mol. The van der Waals surface area contributed by atoms with Gasteiger partial charge in [0.1, 0.15) is 11.6 Å². The highest BCUT2D eigenvalue weighted by atomic mass is 19.1. The van der Waals surface area contributed by atoms with Crippen LogP contribution in [0.4, 0.5) is 4.39 Å². The molecule has 1 unspecified atom stereocenters. The molecule has 0 fully saturated rings. The first-order chi connectivity index (χ1) is 10.4. The Bertz CT molecular complexity index is 620. The van der Waals surface area contributed by atoms with Gasteiger partial charge in [0.2, 0.25) is 0 Å². The van der Waals surface area contributed by atoms with E-state index < -0.39 is 23.2 Å². The third-order valence-electron chi connectivity index (χ3n) is 4.02. The predicted molar refractivity (Wildman–Crippen MR) is 75.6 cm³/mol. The third-order valence-corrected chi connectivity index (χ3v) is 4.02. The summed E-state index contributed by atoms with van der Waals surface area (Å²) in [4.78, 5) is 24.2. The van der Waals surface area contributed by atoms with E-state index in [2.05, 4.69) is 4.74 Å². The number of hydrogen-bond acceptors (Lipinski definition) is 5. The molecular weight excluding hydrogens is 291 g/mol. The lowest BCUT2D eigenvalue weighted by Crippen LogP contribution is -2.41. The van der Waals surface area contributed by atoms with Crippen LogP contribution in [0.15, 0.2) is 35.6 Å².